The van der Waals surface area contributed by atoms with Crippen molar-refractivity contribution in [1.29, 1.82) is 0 Å². The molecule has 0 aromatic heterocycles. The van der Waals surface area contributed by atoms with E-state index in [4.69, 9.17) is 0 Å². The second-order valence-electron chi connectivity index (χ2n) is 5.87. The Morgan fingerprint density at radius 1 is 0.938 bits per heavy atom. The molecule has 0 nitrogen and oxygen atoms in total. The molecule has 0 atom stereocenters. The van der Waals surface area contributed by atoms with Gasteiger partial charge in [-0.3, -0.25) is 0 Å². The van der Waals surface area contributed by atoms with Gasteiger partial charge in [0, 0.05) is 11.0 Å². The lowest BCUT2D eigenvalue weighted by molar-refractivity contribution is 0.126. The van der Waals surface area contributed by atoms with Gasteiger partial charge in [0.15, 0.2) is 0 Å². The predicted octanol–water partition coefficient (Wildman–Crippen LogP) is 4.46. The molecule has 0 saturated heterocycles. The van der Waals surface area contributed by atoms with Gasteiger partial charge >= 0.3 is 0 Å². The summed E-state index contributed by atoms with van der Waals surface area (Å²) in [5.41, 5.74) is 0.744. The molecule has 3 saturated carbocycles. The van der Waals surface area contributed by atoms with E-state index in [1.165, 1.54) is 70.6 Å². The third-order valence-corrected chi connectivity index (χ3v) is 5.14. The molecule has 0 aromatic rings. The zero-order chi connectivity index (χ0) is 10.6. The first-order chi connectivity index (χ1) is 7.35. The smallest absolute Gasteiger partial charge is 0 e. The minimum Gasteiger partial charge on any atom is -0.179 e. The van der Waals surface area contributed by atoms with Gasteiger partial charge in [-0.15, -0.1) is 0 Å². The number of hydrogen-bond donors (Lipinski definition) is 1. The molecule has 0 unspecified atom stereocenters. The molecule has 16 heavy (non-hydrogen) atoms. The van der Waals surface area contributed by atoms with E-state index >= 15 is 0 Å². The topological polar surface area (TPSA) is 0 Å². The summed E-state index contributed by atoms with van der Waals surface area (Å²) in [6, 6.07) is 0. The highest BCUT2D eigenvalue weighted by atomic mass is 32.1. The molecule has 2 heteroatoms. The summed E-state index contributed by atoms with van der Waals surface area (Å²) in [5, 5.41) is 0. The van der Waals surface area contributed by atoms with Gasteiger partial charge in [0.05, 0.1) is 0 Å². The summed E-state index contributed by atoms with van der Waals surface area (Å²) in [5.74, 6) is 2.18. The largest absolute Gasteiger partial charge is 0.179 e. The van der Waals surface area contributed by atoms with Crippen LogP contribution >= 0.6 is 12.6 Å². The number of rotatable bonds is 3. The van der Waals surface area contributed by atoms with Gasteiger partial charge in [-0.05, 0) is 49.2 Å². The van der Waals surface area contributed by atoms with Crippen LogP contribution in [0.3, 0.4) is 0 Å². The van der Waals surface area contributed by atoms with Crippen LogP contribution in [-0.2, 0) is 0 Å². The van der Waals surface area contributed by atoms with Crippen LogP contribution in [0, 0.1) is 11.3 Å². The van der Waals surface area contributed by atoms with E-state index in [0.717, 1.165) is 17.1 Å². The summed E-state index contributed by atoms with van der Waals surface area (Å²) in [6.07, 6.45) is 16.5. The van der Waals surface area contributed by atoms with Gasteiger partial charge in [0.25, 0.3) is 0 Å². The van der Waals surface area contributed by atoms with Gasteiger partial charge < -0.3 is 0 Å². The first kappa shape index (κ1) is 14.6. The summed E-state index contributed by atoms with van der Waals surface area (Å²) >= 11 is 4.38. The normalized spacial score (nSPS) is 34.7. The van der Waals surface area contributed by atoms with Crippen LogP contribution in [0.2, 0.25) is 0 Å². The van der Waals surface area contributed by atoms with Crippen molar-refractivity contribution in [1.82, 2.24) is 0 Å². The number of thiol groups is 1. The molecule has 0 amide bonds. The van der Waals surface area contributed by atoms with Crippen LogP contribution in [0.5, 0.6) is 0 Å². The Bertz CT molecular complexity index is 161. The number of hydrogen-bond acceptors (Lipinski definition) is 1. The second-order valence-corrected chi connectivity index (χ2v) is 6.32. The average molecular weight is 255 g/mol. The third kappa shape index (κ3) is 3.80. The van der Waals surface area contributed by atoms with Crippen molar-refractivity contribution in [3.05, 3.63) is 0 Å². The predicted molar refractivity (Wildman–Crippen MR) is 76.3 cm³/mol. The maximum atomic E-state index is 4.38. The first-order valence-electron chi connectivity index (χ1n) is 6.96. The van der Waals surface area contributed by atoms with Crippen LogP contribution in [-0.4, -0.2) is 16.7 Å². The van der Waals surface area contributed by atoms with Crippen LogP contribution < -0.4 is 0 Å². The highest BCUT2D eigenvalue weighted by Gasteiger charge is 2.32. The molecular weight excluding hydrogens is 228 g/mol. The molecule has 92 valence electrons. The van der Waals surface area contributed by atoms with Crippen LogP contribution in [0.15, 0.2) is 0 Å². The van der Waals surface area contributed by atoms with E-state index in [-0.39, 0.29) is 11.0 Å². The Kier molecular flexibility index (Phi) is 6.49. The maximum absolute atomic E-state index is 4.38. The SMILES string of the molecule is SCCCC12CCCC(CCC1)CCC2.[Si]. The first-order valence-corrected chi connectivity index (χ1v) is 7.59. The molecular formula is C14H26SSi. The Morgan fingerprint density at radius 2 is 1.44 bits per heavy atom. The number of fused-ring (bicyclic) bond motifs is 6. The molecule has 0 aromatic carbocycles. The Balaban J connectivity index is 0.00000128. The van der Waals surface area contributed by atoms with E-state index in [1.807, 2.05) is 0 Å². The minimum atomic E-state index is 0. The Morgan fingerprint density at radius 3 is 1.88 bits per heavy atom. The summed E-state index contributed by atoms with van der Waals surface area (Å²) < 4.78 is 0. The van der Waals surface area contributed by atoms with Crippen molar-refractivity contribution in [2.75, 3.05) is 5.75 Å². The lowest BCUT2D eigenvalue weighted by Gasteiger charge is -2.40. The van der Waals surface area contributed by atoms with Crippen LogP contribution in [0.25, 0.3) is 0 Å². The molecule has 3 aliphatic rings. The van der Waals surface area contributed by atoms with Crippen molar-refractivity contribution in [3.8, 4) is 0 Å². The molecule has 2 bridgehead atoms. The second kappa shape index (κ2) is 7.10. The van der Waals surface area contributed by atoms with Crippen molar-refractivity contribution < 1.29 is 0 Å². The van der Waals surface area contributed by atoms with Gasteiger partial charge in [-0.2, -0.15) is 12.6 Å². The van der Waals surface area contributed by atoms with Crippen LogP contribution in [0.1, 0.15) is 70.6 Å². The van der Waals surface area contributed by atoms with Gasteiger partial charge in [-0.25, -0.2) is 0 Å². The minimum absolute atomic E-state index is 0. The molecule has 0 aliphatic heterocycles. The van der Waals surface area contributed by atoms with Gasteiger partial charge in [0.1, 0.15) is 0 Å². The summed E-state index contributed by atoms with van der Waals surface area (Å²) in [7, 11) is 0. The molecule has 0 spiro atoms. The standard InChI is InChI=1S/C14H26S.Si/c15-12-4-11-14-8-1-5-13(6-2-9-14)7-3-10-14;/h13,15H,1-12H2;. The molecule has 3 fully saturated rings. The summed E-state index contributed by atoms with van der Waals surface area (Å²) in [6.45, 7) is 0. The molecule has 0 heterocycles. The lowest BCUT2D eigenvalue weighted by Crippen LogP contribution is -2.26. The summed E-state index contributed by atoms with van der Waals surface area (Å²) in [4.78, 5) is 0. The fraction of sp³-hybridized carbons (Fsp3) is 1.00. The monoisotopic (exact) mass is 254 g/mol. The molecule has 0 N–H and O–H groups in total. The van der Waals surface area contributed by atoms with E-state index in [2.05, 4.69) is 12.6 Å². The lowest BCUT2D eigenvalue weighted by atomic mass is 9.66. The quantitative estimate of drug-likeness (QED) is 0.558. The highest BCUT2D eigenvalue weighted by molar-refractivity contribution is 7.80. The highest BCUT2D eigenvalue weighted by Crippen LogP contribution is 2.46. The average Bonchev–Trinajstić information content (AvgIpc) is 2.14. The van der Waals surface area contributed by atoms with Gasteiger partial charge in [-0.1, -0.05) is 38.5 Å². The fourth-order valence-corrected chi connectivity index (χ4v) is 4.09. The van der Waals surface area contributed by atoms with Crippen LogP contribution in [0.4, 0.5) is 0 Å². The van der Waals surface area contributed by atoms with Crippen molar-refractivity contribution >= 4 is 23.6 Å². The van der Waals surface area contributed by atoms with Gasteiger partial charge in [0.2, 0.25) is 0 Å². The van der Waals surface area contributed by atoms with E-state index in [0.29, 0.717) is 0 Å². The van der Waals surface area contributed by atoms with E-state index < -0.39 is 0 Å². The fourth-order valence-electron chi connectivity index (χ4n) is 3.93. The van der Waals surface area contributed by atoms with E-state index in [9.17, 15) is 0 Å². The van der Waals surface area contributed by atoms with Crippen molar-refractivity contribution in [2.24, 2.45) is 11.3 Å². The van der Waals surface area contributed by atoms with E-state index in [1.54, 1.807) is 0 Å². The molecule has 3 aliphatic carbocycles. The Hall–Kier alpha value is 0.567. The third-order valence-electron chi connectivity index (χ3n) is 4.82. The molecule has 3 rings (SSSR count). The van der Waals surface area contributed by atoms with Crippen molar-refractivity contribution in [3.63, 3.8) is 0 Å². The zero-order valence-corrected chi connectivity index (χ0v) is 12.4. The maximum Gasteiger partial charge on any atom is 0 e. The van der Waals surface area contributed by atoms with Crippen molar-refractivity contribution in [2.45, 2.75) is 70.6 Å². The molecule has 4 radical (unpaired) electrons. The zero-order valence-electron chi connectivity index (χ0n) is 10.5. The Labute approximate surface area is 111 Å².